The molecule has 0 spiro atoms. The Morgan fingerprint density at radius 2 is 1.88 bits per heavy atom. The number of carbonyl (C=O) groups excluding carboxylic acids is 2. The predicted octanol–water partition coefficient (Wildman–Crippen LogP) is 0.804. The predicted molar refractivity (Wildman–Crippen MR) is 124 cm³/mol. The molecule has 0 bridgehead atoms. The summed E-state index contributed by atoms with van der Waals surface area (Å²) < 4.78 is 10.9. The number of aliphatic hydroxyl groups is 1. The smallest absolute Gasteiger partial charge is 0.295 e. The fraction of sp³-hybridized carbons (Fsp3) is 0.385. The van der Waals surface area contributed by atoms with Gasteiger partial charge in [-0.1, -0.05) is 47.7 Å². The Kier molecular flexibility index (Phi) is 7.19. The van der Waals surface area contributed by atoms with Gasteiger partial charge in [-0.3, -0.25) is 9.59 Å². The standard InChI is InChI=1S/C26H30N2O6/c1-3-34-21-16-19(8-9-20(21)29)23-22(24(30)18-6-4-17(2)5-7-18)25(31)26(32)28(23)11-10-27-12-14-33-15-13-27/h4-9,16,23,29-30H,3,10-15H2,1-2H3. The second-order valence-electron chi connectivity index (χ2n) is 8.61. The number of morpholine rings is 1. The molecule has 2 saturated heterocycles. The second kappa shape index (κ2) is 10.3. The number of ketones is 1. The van der Waals surface area contributed by atoms with Crippen molar-refractivity contribution in [3.63, 3.8) is 0 Å². The maximum absolute atomic E-state index is 13.2. The van der Waals surface area contributed by atoms with Gasteiger partial charge in [0.1, 0.15) is 24.6 Å². The summed E-state index contributed by atoms with van der Waals surface area (Å²) in [7, 11) is 0. The molecule has 2 aromatic carbocycles. The molecule has 1 atom stereocenters. The highest BCUT2D eigenvalue weighted by atomic mass is 16.5. The quantitative estimate of drug-likeness (QED) is 0.356. The molecule has 1 amide bonds. The number of aliphatic hydroxyl groups excluding tert-OH is 1. The molecule has 2 N–H and O–H groups in total. The summed E-state index contributed by atoms with van der Waals surface area (Å²) in [5, 5.41) is 23.4. The van der Waals surface area contributed by atoms with Crippen LogP contribution in [0.15, 0.2) is 48.0 Å². The summed E-state index contributed by atoms with van der Waals surface area (Å²) >= 11 is 0. The number of hydrogen-bond acceptors (Lipinski definition) is 6. The number of benzene rings is 2. The van der Waals surface area contributed by atoms with Crippen LogP contribution in [-0.4, -0.2) is 67.7 Å². The number of hydrogen-bond donors (Lipinski definition) is 2. The highest BCUT2D eigenvalue weighted by Crippen LogP contribution is 2.41. The maximum Gasteiger partial charge on any atom is 0.295 e. The summed E-state index contributed by atoms with van der Waals surface area (Å²) in [5.74, 6) is -1.74. The van der Waals surface area contributed by atoms with Crippen LogP contribution in [-0.2, 0) is 14.3 Å². The molecular weight excluding hydrogens is 436 g/mol. The molecule has 1 unspecified atom stereocenters. The fourth-order valence-corrected chi connectivity index (χ4v) is 4.48. The van der Waals surface area contributed by atoms with E-state index in [1.807, 2.05) is 19.1 Å². The third-order valence-corrected chi connectivity index (χ3v) is 6.35. The number of ether oxygens (including phenoxy) is 2. The highest BCUT2D eigenvalue weighted by molar-refractivity contribution is 6.46. The molecule has 2 aliphatic heterocycles. The first-order chi connectivity index (χ1) is 16.4. The lowest BCUT2D eigenvalue weighted by Crippen LogP contribution is -3.14. The zero-order valence-electron chi connectivity index (χ0n) is 19.5. The topological polar surface area (TPSA) is 104 Å². The van der Waals surface area contributed by atoms with Crippen molar-refractivity contribution < 1.29 is 34.2 Å². The third-order valence-electron chi connectivity index (χ3n) is 6.35. The lowest BCUT2D eigenvalue weighted by Gasteiger charge is -2.29. The van der Waals surface area contributed by atoms with Gasteiger partial charge in [0.15, 0.2) is 0 Å². The van der Waals surface area contributed by atoms with Gasteiger partial charge in [-0.25, -0.2) is 0 Å². The van der Waals surface area contributed by atoms with Crippen LogP contribution in [0, 0.1) is 6.92 Å². The van der Waals surface area contributed by atoms with E-state index < -0.39 is 17.7 Å². The molecule has 4 rings (SSSR count). The lowest BCUT2D eigenvalue weighted by molar-refractivity contribution is -0.907. The van der Waals surface area contributed by atoms with Crippen LogP contribution in [0.25, 0.3) is 5.76 Å². The van der Waals surface area contributed by atoms with Gasteiger partial charge in [-0.05, 0) is 25.5 Å². The first kappa shape index (κ1) is 23.8. The van der Waals surface area contributed by atoms with Crippen LogP contribution < -0.4 is 14.7 Å². The Morgan fingerprint density at radius 3 is 2.56 bits per heavy atom. The Morgan fingerprint density at radius 1 is 1.18 bits per heavy atom. The highest BCUT2D eigenvalue weighted by Gasteiger charge is 2.46. The van der Waals surface area contributed by atoms with E-state index >= 15 is 0 Å². The Labute approximate surface area is 199 Å². The normalized spacial score (nSPS) is 20.6. The number of nitrogens with zero attached hydrogens (tertiary/aromatic N) is 1. The van der Waals surface area contributed by atoms with Gasteiger partial charge in [0.05, 0.1) is 44.5 Å². The number of likely N-dealkylation sites (tertiary alicyclic amines) is 1. The van der Waals surface area contributed by atoms with Gasteiger partial charge in [0.25, 0.3) is 11.7 Å². The van der Waals surface area contributed by atoms with E-state index in [2.05, 4.69) is 0 Å². The van der Waals surface area contributed by atoms with Crippen molar-refractivity contribution in [2.45, 2.75) is 19.9 Å². The van der Waals surface area contributed by atoms with Gasteiger partial charge in [-0.2, -0.15) is 0 Å². The number of carbonyl (C=O) groups is 2. The molecule has 2 fully saturated rings. The van der Waals surface area contributed by atoms with Crippen molar-refractivity contribution in [3.8, 4) is 11.5 Å². The van der Waals surface area contributed by atoms with Crippen LogP contribution in [0.5, 0.6) is 11.5 Å². The SMILES string of the molecule is CCOc1cc(C2C(=C(O)c3ccc(C)cc3)C(=O)C(=O)N2CC[NH+]2CCOCC2)ccc1[O-]. The van der Waals surface area contributed by atoms with Crippen LogP contribution >= 0.6 is 0 Å². The van der Waals surface area contributed by atoms with E-state index in [1.54, 1.807) is 31.2 Å². The molecule has 8 heteroatoms. The summed E-state index contributed by atoms with van der Waals surface area (Å²) in [6.45, 7) is 7.98. The van der Waals surface area contributed by atoms with Gasteiger partial charge in [0, 0.05) is 5.56 Å². The molecular formula is C26H30N2O6. The Hall–Kier alpha value is -3.36. The molecule has 0 radical (unpaired) electrons. The summed E-state index contributed by atoms with van der Waals surface area (Å²) in [6.07, 6.45) is 0. The van der Waals surface area contributed by atoms with E-state index in [1.165, 1.54) is 15.9 Å². The van der Waals surface area contributed by atoms with Crippen LogP contribution in [0.2, 0.25) is 0 Å². The van der Waals surface area contributed by atoms with Crippen LogP contribution in [0.3, 0.4) is 0 Å². The lowest BCUT2D eigenvalue weighted by atomic mass is 9.94. The summed E-state index contributed by atoms with van der Waals surface area (Å²) in [6, 6.07) is 10.8. The zero-order chi connectivity index (χ0) is 24.2. The minimum absolute atomic E-state index is 0.0203. The molecule has 34 heavy (non-hydrogen) atoms. The van der Waals surface area contributed by atoms with Crippen molar-refractivity contribution in [1.29, 1.82) is 0 Å². The number of amides is 1. The minimum atomic E-state index is -0.818. The maximum atomic E-state index is 13.2. The van der Waals surface area contributed by atoms with E-state index in [4.69, 9.17) is 9.47 Å². The zero-order valence-corrected chi connectivity index (χ0v) is 19.5. The number of rotatable bonds is 7. The van der Waals surface area contributed by atoms with Crippen molar-refractivity contribution >= 4 is 17.4 Å². The average molecular weight is 467 g/mol. The molecule has 2 heterocycles. The van der Waals surface area contributed by atoms with Crippen molar-refractivity contribution in [2.75, 3.05) is 46.0 Å². The number of Topliss-reactive ketones (excluding diaryl/α,β-unsaturated/α-hetero) is 1. The van der Waals surface area contributed by atoms with E-state index in [0.29, 0.717) is 44.0 Å². The fourth-order valence-electron chi connectivity index (χ4n) is 4.48. The first-order valence-corrected chi connectivity index (χ1v) is 11.6. The van der Waals surface area contributed by atoms with E-state index in [0.717, 1.165) is 18.7 Å². The van der Waals surface area contributed by atoms with Gasteiger partial charge >= 0.3 is 0 Å². The van der Waals surface area contributed by atoms with Crippen molar-refractivity contribution in [1.82, 2.24) is 4.90 Å². The van der Waals surface area contributed by atoms with E-state index in [9.17, 15) is 19.8 Å². The van der Waals surface area contributed by atoms with Crippen LogP contribution in [0.1, 0.15) is 29.7 Å². The van der Waals surface area contributed by atoms with Gasteiger partial charge in [0.2, 0.25) is 0 Å². The van der Waals surface area contributed by atoms with Crippen molar-refractivity contribution in [2.24, 2.45) is 0 Å². The van der Waals surface area contributed by atoms with Crippen molar-refractivity contribution in [3.05, 3.63) is 64.7 Å². The monoisotopic (exact) mass is 466 g/mol. The first-order valence-electron chi connectivity index (χ1n) is 11.6. The molecule has 8 nitrogen and oxygen atoms in total. The number of aryl methyl sites for hydroxylation is 1. The average Bonchev–Trinajstić information content (AvgIpc) is 3.10. The molecule has 2 aromatic rings. The molecule has 0 aliphatic carbocycles. The molecule has 0 saturated carbocycles. The molecule has 180 valence electrons. The van der Waals surface area contributed by atoms with Gasteiger partial charge in [-0.15, -0.1) is 0 Å². The van der Waals surface area contributed by atoms with Crippen LogP contribution in [0.4, 0.5) is 0 Å². The van der Waals surface area contributed by atoms with E-state index in [-0.39, 0.29) is 22.8 Å². The largest absolute Gasteiger partial charge is 0.870 e. The summed E-state index contributed by atoms with van der Waals surface area (Å²) in [5.41, 5.74) is 2.03. The minimum Gasteiger partial charge on any atom is -0.870 e. The Bertz CT molecular complexity index is 1090. The molecule has 2 aliphatic rings. The summed E-state index contributed by atoms with van der Waals surface area (Å²) in [4.78, 5) is 29.1. The second-order valence-corrected chi connectivity index (χ2v) is 8.61. The number of quaternary nitrogens is 1. The number of nitrogens with one attached hydrogen (secondary N) is 1. The third kappa shape index (κ3) is 4.78. The molecule has 0 aromatic heterocycles. The Balaban J connectivity index is 1.76. The van der Waals surface area contributed by atoms with Gasteiger partial charge < -0.3 is 29.5 Å².